The molecule has 31 valence electrons. The first-order valence-corrected chi connectivity index (χ1v) is 0. The molecule has 0 rings (SSSR count). The van der Waals surface area contributed by atoms with E-state index in [0.717, 1.165) is 0 Å². The van der Waals surface area contributed by atoms with E-state index in [1.54, 1.807) is 0 Å². The summed E-state index contributed by atoms with van der Waals surface area (Å²) in [7, 11) is 0. The molecule has 0 aliphatic rings. The second-order valence-electron chi connectivity index (χ2n) is 0. The topological polar surface area (TPSA) is 63.0 Å². The second-order valence-corrected chi connectivity index (χ2v) is 0. The molecule has 3 radical (unpaired) electrons. The first-order chi connectivity index (χ1) is 0. The quantitative estimate of drug-likeness (QED) is 0.359. The van der Waals surface area contributed by atoms with E-state index in [1.807, 2.05) is 0 Å². The predicted molar refractivity (Wildman–Crippen MR) is 19.7 cm³/mol. The van der Waals surface area contributed by atoms with Gasteiger partial charge in [0.2, 0.25) is 0 Å². The van der Waals surface area contributed by atoms with E-state index < -0.39 is 0 Å². The van der Waals surface area contributed by atoms with E-state index in [-0.39, 0.29) is 57.5 Å². The van der Waals surface area contributed by atoms with Crippen LogP contribution in [0.3, 0.4) is 0 Å². The summed E-state index contributed by atoms with van der Waals surface area (Å²) in [5, 5.41) is 0. The Morgan fingerprint density at radius 1 is 0.800 bits per heavy atom. The Kier molecular flexibility index (Phi) is 1590. The van der Waals surface area contributed by atoms with Gasteiger partial charge in [0, 0.05) is 39.1 Å². The van der Waals surface area contributed by atoms with Gasteiger partial charge in [0.25, 0.3) is 0 Å². The van der Waals surface area contributed by atoms with Crippen LogP contribution < -0.4 is 0 Å². The zero-order valence-corrected chi connectivity index (χ0v) is 4.79. The van der Waals surface area contributed by atoms with Crippen molar-refractivity contribution in [3.05, 3.63) is 0 Å². The maximum Gasteiger partial charge on any atom is 0 e. The molecule has 4 N–H and O–H groups in total. The average Bonchev–Trinajstić information content (AvgIpc) is 0. The van der Waals surface area contributed by atoms with E-state index in [2.05, 4.69) is 0 Å². The van der Waals surface area contributed by atoms with Crippen LogP contribution in [0.2, 0.25) is 0 Å². The molecule has 0 heterocycles. The molecule has 4 heteroatoms. The van der Waals surface area contributed by atoms with Crippen molar-refractivity contribution >= 4 is 17.4 Å². The van der Waals surface area contributed by atoms with Crippen LogP contribution in [0.15, 0.2) is 0 Å². The second kappa shape index (κ2) is 65.9. The monoisotopic (exact) mass is 127 g/mol. The predicted octanol–water partition coefficient (Wildman–Crippen LogP) is -1.40. The van der Waals surface area contributed by atoms with Crippen LogP contribution in [-0.2, 0) is 21.7 Å². The van der Waals surface area contributed by atoms with Crippen LogP contribution in [0.1, 0.15) is 7.43 Å². The smallest absolute Gasteiger partial charge is 0 e. The summed E-state index contributed by atoms with van der Waals surface area (Å²) in [5.41, 5.74) is 0. The van der Waals surface area contributed by atoms with Gasteiger partial charge in [-0.3, -0.25) is 0 Å². The SMILES string of the molecule is C.O.O.[Al].[Ti]. The molecule has 0 saturated carbocycles. The number of hydrogen-bond donors (Lipinski definition) is 0. The zero-order chi connectivity index (χ0) is 0. The number of rotatable bonds is 0. The van der Waals surface area contributed by atoms with Crippen molar-refractivity contribution in [2.75, 3.05) is 0 Å². The van der Waals surface area contributed by atoms with Gasteiger partial charge in [0.05, 0.1) is 0 Å². The van der Waals surface area contributed by atoms with Crippen LogP contribution in [0.5, 0.6) is 0 Å². The van der Waals surface area contributed by atoms with E-state index >= 15 is 0 Å². The van der Waals surface area contributed by atoms with E-state index in [4.69, 9.17) is 0 Å². The van der Waals surface area contributed by atoms with Crippen LogP contribution in [-0.4, -0.2) is 28.3 Å². The summed E-state index contributed by atoms with van der Waals surface area (Å²) in [6.45, 7) is 0. The van der Waals surface area contributed by atoms with Crippen molar-refractivity contribution < 1.29 is 32.7 Å². The third kappa shape index (κ3) is 38.1. The fourth-order valence-corrected chi connectivity index (χ4v) is 0. The van der Waals surface area contributed by atoms with Gasteiger partial charge in [-0.25, -0.2) is 0 Å². The largest absolute Gasteiger partial charge is 0.412 e. The Morgan fingerprint density at radius 3 is 0.800 bits per heavy atom. The van der Waals surface area contributed by atoms with Gasteiger partial charge in [-0.1, -0.05) is 7.43 Å². The van der Waals surface area contributed by atoms with Crippen molar-refractivity contribution in [3.8, 4) is 0 Å². The molecular formula is CH8AlO2Ti. The molecule has 0 bridgehead atoms. The van der Waals surface area contributed by atoms with Gasteiger partial charge in [-0.15, -0.1) is 0 Å². The Bertz CT molecular complexity index is 9.61. The molecule has 0 amide bonds. The zero-order valence-electron chi connectivity index (χ0n) is 2.08. The van der Waals surface area contributed by atoms with Crippen molar-refractivity contribution in [2.24, 2.45) is 0 Å². The molecular weight excluding hydrogens is 119 g/mol. The summed E-state index contributed by atoms with van der Waals surface area (Å²) in [5.74, 6) is 0. The Morgan fingerprint density at radius 2 is 0.800 bits per heavy atom. The molecule has 5 heavy (non-hydrogen) atoms. The normalized spacial score (nSPS) is 0. The van der Waals surface area contributed by atoms with Gasteiger partial charge in [-0.2, -0.15) is 0 Å². The van der Waals surface area contributed by atoms with Crippen molar-refractivity contribution in [2.45, 2.75) is 7.43 Å². The van der Waals surface area contributed by atoms with Gasteiger partial charge in [0.1, 0.15) is 0 Å². The molecule has 0 aliphatic heterocycles. The summed E-state index contributed by atoms with van der Waals surface area (Å²) in [6, 6.07) is 0. The minimum absolute atomic E-state index is 0. The minimum Gasteiger partial charge on any atom is -0.412 e. The Hall–Kier alpha value is 1.17. The molecule has 2 nitrogen and oxygen atoms in total. The molecule has 0 atom stereocenters. The van der Waals surface area contributed by atoms with Gasteiger partial charge in [-0.05, 0) is 0 Å². The first-order valence-electron chi connectivity index (χ1n) is 0. The van der Waals surface area contributed by atoms with Crippen LogP contribution in [0.25, 0.3) is 0 Å². The standard InChI is InChI=1S/CH4.Al.2H2O.Ti/h1H4;;2*1H2;. The molecule has 0 aromatic carbocycles. The minimum atomic E-state index is 0. The van der Waals surface area contributed by atoms with E-state index in [1.165, 1.54) is 0 Å². The fraction of sp³-hybridized carbons (Fsp3) is 1.00. The average molecular weight is 127 g/mol. The maximum absolute atomic E-state index is 0. The molecule has 0 aliphatic carbocycles. The summed E-state index contributed by atoms with van der Waals surface area (Å²) in [6.07, 6.45) is 0. The number of hydrogen-bond acceptors (Lipinski definition) is 0. The van der Waals surface area contributed by atoms with Crippen LogP contribution >= 0.6 is 0 Å². The first kappa shape index (κ1) is 121. The Balaban J connectivity index is 0. The molecule has 0 saturated heterocycles. The van der Waals surface area contributed by atoms with Crippen molar-refractivity contribution in [1.29, 1.82) is 0 Å². The molecule has 0 aromatic rings. The van der Waals surface area contributed by atoms with Crippen LogP contribution in [0, 0.1) is 0 Å². The molecule has 0 fully saturated rings. The maximum atomic E-state index is 0. The molecule has 0 unspecified atom stereocenters. The third-order valence-electron chi connectivity index (χ3n) is 0. The van der Waals surface area contributed by atoms with Gasteiger partial charge < -0.3 is 11.0 Å². The summed E-state index contributed by atoms with van der Waals surface area (Å²) in [4.78, 5) is 0. The summed E-state index contributed by atoms with van der Waals surface area (Å²) < 4.78 is 0. The van der Waals surface area contributed by atoms with E-state index in [9.17, 15) is 0 Å². The van der Waals surface area contributed by atoms with Gasteiger partial charge in [0.15, 0.2) is 0 Å². The fourth-order valence-electron chi connectivity index (χ4n) is 0. The Labute approximate surface area is 57.6 Å². The summed E-state index contributed by atoms with van der Waals surface area (Å²) >= 11 is 0. The van der Waals surface area contributed by atoms with E-state index in [0.29, 0.717) is 0 Å². The van der Waals surface area contributed by atoms with Crippen molar-refractivity contribution in [3.63, 3.8) is 0 Å². The molecule has 0 aromatic heterocycles. The third-order valence-corrected chi connectivity index (χ3v) is 0. The van der Waals surface area contributed by atoms with Crippen LogP contribution in [0.4, 0.5) is 0 Å². The molecule has 0 spiro atoms. The van der Waals surface area contributed by atoms with Gasteiger partial charge >= 0.3 is 0 Å². The van der Waals surface area contributed by atoms with Crippen molar-refractivity contribution in [1.82, 2.24) is 0 Å².